The van der Waals surface area contributed by atoms with Crippen LogP contribution in [0, 0.1) is 5.92 Å². The highest BCUT2D eigenvalue weighted by Gasteiger charge is 2.28. The van der Waals surface area contributed by atoms with E-state index in [2.05, 4.69) is 62.7 Å². The maximum atomic E-state index is 8.72. The van der Waals surface area contributed by atoms with E-state index in [1.54, 1.807) is 0 Å². The van der Waals surface area contributed by atoms with Crippen LogP contribution in [-0.2, 0) is 6.42 Å². The number of nitrogens with zero attached hydrogens (tertiary/aromatic N) is 4. The smallest absolute Gasteiger partial charge is 0.0342 e. The fourth-order valence-electron chi connectivity index (χ4n) is 3.51. The number of para-hydroxylation sites is 1. The van der Waals surface area contributed by atoms with Crippen molar-refractivity contribution >= 4 is 5.69 Å². The first-order valence-corrected chi connectivity index (χ1v) is 8.94. The molecule has 2 atom stereocenters. The lowest BCUT2D eigenvalue weighted by Gasteiger charge is -2.39. The number of hydrogen-bond acceptors (Lipinski definition) is 3. The van der Waals surface area contributed by atoms with E-state index in [1.807, 2.05) is 18.2 Å². The van der Waals surface area contributed by atoms with Gasteiger partial charge in [0.2, 0.25) is 0 Å². The molecule has 5 heteroatoms. The fraction of sp³-hybridized carbons (Fsp3) is 0.400. The minimum absolute atomic E-state index is 0.334. The van der Waals surface area contributed by atoms with E-state index in [-0.39, 0.29) is 0 Å². The Morgan fingerprint density at radius 1 is 1.08 bits per heavy atom. The van der Waals surface area contributed by atoms with Crippen molar-refractivity contribution in [3.8, 4) is 0 Å². The van der Waals surface area contributed by atoms with Crippen LogP contribution in [0.4, 0.5) is 5.69 Å². The number of likely N-dealkylation sites (tertiary alicyclic amines) is 1. The van der Waals surface area contributed by atoms with Gasteiger partial charge in [-0.2, -0.15) is 0 Å². The van der Waals surface area contributed by atoms with E-state index >= 15 is 0 Å². The van der Waals surface area contributed by atoms with Gasteiger partial charge in [0.05, 0.1) is 0 Å². The minimum atomic E-state index is 0.334. The van der Waals surface area contributed by atoms with Gasteiger partial charge >= 0.3 is 0 Å². The molecule has 1 unspecified atom stereocenters. The summed E-state index contributed by atoms with van der Waals surface area (Å²) in [7, 11) is 0. The second-order valence-electron chi connectivity index (χ2n) is 6.62. The van der Waals surface area contributed by atoms with E-state index in [9.17, 15) is 0 Å². The lowest BCUT2D eigenvalue weighted by molar-refractivity contribution is 0.167. The Hall–Kier alpha value is -2.49. The van der Waals surface area contributed by atoms with Gasteiger partial charge in [0.25, 0.3) is 0 Å². The summed E-state index contributed by atoms with van der Waals surface area (Å²) in [5, 5.41) is 7.48. The predicted octanol–water partition coefficient (Wildman–Crippen LogP) is 4.34. The lowest BCUT2D eigenvalue weighted by Crippen LogP contribution is -2.48. The molecule has 0 aliphatic carbocycles. The summed E-state index contributed by atoms with van der Waals surface area (Å²) in [5.41, 5.74) is 11.2. The zero-order valence-electron chi connectivity index (χ0n) is 14.5. The van der Waals surface area contributed by atoms with E-state index in [1.165, 1.54) is 5.56 Å². The molecule has 2 aromatic carbocycles. The van der Waals surface area contributed by atoms with Gasteiger partial charge in [-0.15, -0.1) is 0 Å². The van der Waals surface area contributed by atoms with Gasteiger partial charge in [-0.25, -0.2) is 0 Å². The van der Waals surface area contributed by atoms with Gasteiger partial charge < -0.3 is 10.2 Å². The maximum Gasteiger partial charge on any atom is 0.0342 e. The van der Waals surface area contributed by atoms with Crippen LogP contribution < -0.4 is 5.32 Å². The van der Waals surface area contributed by atoms with Gasteiger partial charge in [-0.1, -0.05) is 53.6 Å². The zero-order valence-corrected chi connectivity index (χ0v) is 14.5. The number of nitrogens with one attached hydrogen (secondary N) is 1. The number of benzene rings is 2. The van der Waals surface area contributed by atoms with Crippen LogP contribution in [-0.4, -0.2) is 37.1 Å². The molecule has 0 radical (unpaired) electrons. The molecule has 3 rings (SSSR count). The monoisotopic (exact) mass is 335 g/mol. The van der Waals surface area contributed by atoms with Crippen molar-refractivity contribution in [2.45, 2.75) is 18.9 Å². The summed E-state index contributed by atoms with van der Waals surface area (Å²) in [6, 6.07) is 21.2. The van der Waals surface area contributed by atoms with Crippen molar-refractivity contribution < 1.29 is 0 Å². The van der Waals surface area contributed by atoms with E-state index in [0.29, 0.717) is 18.5 Å². The number of azide groups is 1. The molecule has 0 amide bonds. The van der Waals surface area contributed by atoms with Crippen LogP contribution in [0.2, 0.25) is 0 Å². The molecule has 1 fully saturated rings. The Bertz CT molecular complexity index is 682. The standard InChI is InChI=1S/C20H25N5/c21-24-22-15-18-16-25(13-11-17-7-3-1-4-8-17)14-12-20(18)23-19-9-5-2-6-10-19/h1-10,18,20,23H,11-16H2/t18-,20?/m1/s1. The van der Waals surface area contributed by atoms with Gasteiger partial charge in [0, 0.05) is 42.8 Å². The van der Waals surface area contributed by atoms with Gasteiger partial charge in [0.1, 0.15) is 0 Å². The van der Waals surface area contributed by atoms with Crippen LogP contribution in [0.1, 0.15) is 12.0 Å². The molecular formula is C20H25N5. The Kier molecular flexibility index (Phi) is 6.32. The van der Waals surface area contributed by atoms with Gasteiger partial charge in [0.15, 0.2) is 0 Å². The van der Waals surface area contributed by atoms with Crippen LogP contribution in [0.3, 0.4) is 0 Å². The molecule has 1 aliphatic heterocycles. The molecule has 0 bridgehead atoms. The summed E-state index contributed by atoms with van der Waals surface area (Å²) >= 11 is 0. The van der Waals surface area contributed by atoms with Crippen LogP contribution in [0.15, 0.2) is 65.8 Å². The highest BCUT2D eigenvalue weighted by molar-refractivity contribution is 5.43. The molecule has 1 aliphatic rings. The molecule has 0 saturated carbocycles. The van der Waals surface area contributed by atoms with Crippen LogP contribution in [0.25, 0.3) is 10.4 Å². The highest BCUT2D eigenvalue weighted by Crippen LogP contribution is 2.22. The van der Waals surface area contributed by atoms with Crippen molar-refractivity contribution in [2.75, 3.05) is 31.5 Å². The van der Waals surface area contributed by atoms with Crippen molar-refractivity contribution in [3.63, 3.8) is 0 Å². The SMILES string of the molecule is [N-]=[N+]=NC[C@@H]1CN(CCc2ccccc2)CCC1Nc1ccccc1. The lowest BCUT2D eigenvalue weighted by atomic mass is 9.91. The van der Waals surface area contributed by atoms with E-state index in [4.69, 9.17) is 5.53 Å². The molecule has 25 heavy (non-hydrogen) atoms. The van der Waals surface area contributed by atoms with Crippen molar-refractivity contribution in [1.29, 1.82) is 0 Å². The van der Waals surface area contributed by atoms with Crippen molar-refractivity contribution in [3.05, 3.63) is 76.7 Å². The Labute approximate surface area is 149 Å². The summed E-state index contributed by atoms with van der Waals surface area (Å²) in [4.78, 5) is 5.46. The average Bonchev–Trinajstić information content (AvgIpc) is 2.67. The molecule has 1 saturated heterocycles. The first-order chi connectivity index (χ1) is 12.3. The molecule has 1 heterocycles. The average molecular weight is 335 g/mol. The number of piperidine rings is 1. The third kappa shape index (κ3) is 5.24. The number of rotatable bonds is 7. The van der Waals surface area contributed by atoms with E-state index in [0.717, 1.165) is 38.2 Å². The number of anilines is 1. The molecular weight excluding hydrogens is 310 g/mol. The molecule has 5 nitrogen and oxygen atoms in total. The van der Waals surface area contributed by atoms with Gasteiger partial charge in [-0.3, -0.25) is 0 Å². The normalized spacial score (nSPS) is 20.6. The second-order valence-corrected chi connectivity index (χ2v) is 6.62. The molecule has 2 aromatic rings. The van der Waals surface area contributed by atoms with Crippen molar-refractivity contribution in [1.82, 2.24) is 4.90 Å². The summed E-state index contributed by atoms with van der Waals surface area (Å²) < 4.78 is 0. The Balaban J connectivity index is 1.58. The molecule has 1 N–H and O–H groups in total. The molecule has 130 valence electrons. The summed E-state index contributed by atoms with van der Waals surface area (Å²) in [6.45, 7) is 3.64. The second kappa shape index (κ2) is 9.11. The molecule has 0 aromatic heterocycles. The topological polar surface area (TPSA) is 64.0 Å². The summed E-state index contributed by atoms with van der Waals surface area (Å²) in [6.07, 6.45) is 2.13. The van der Waals surface area contributed by atoms with Crippen LogP contribution >= 0.6 is 0 Å². The third-order valence-corrected chi connectivity index (χ3v) is 4.88. The first-order valence-electron chi connectivity index (χ1n) is 8.94. The number of hydrogen-bond donors (Lipinski definition) is 1. The quantitative estimate of drug-likeness (QED) is 0.465. The zero-order chi connectivity index (χ0) is 17.3. The Morgan fingerprint density at radius 2 is 1.80 bits per heavy atom. The molecule has 0 spiro atoms. The van der Waals surface area contributed by atoms with Crippen molar-refractivity contribution in [2.24, 2.45) is 11.0 Å². The van der Waals surface area contributed by atoms with E-state index < -0.39 is 0 Å². The minimum Gasteiger partial charge on any atom is -0.382 e. The van der Waals surface area contributed by atoms with Gasteiger partial charge in [-0.05, 0) is 42.0 Å². The summed E-state index contributed by atoms with van der Waals surface area (Å²) in [5.74, 6) is 0.334. The fourth-order valence-corrected chi connectivity index (χ4v) is 3.51. The highest BCUT2D eigenvalue weighted by atomic mass is 15.2. The van der Waals surface area contributed by atoms with Crippen LogP contribution in [0.5, 0.6) is 0 Å². The predicted molar refractivity (Wildman–Crippen MR) is 103 cm³/mol. The maximum absolute atomic E-state index is 8.72. The Morgan fingerprint density at radius 3 is 2.52 bits per heavy atom. The first kappa shape index (κ1) is 17.3. The largest absolute Gasteiger partial charge is 0.382 e. The third-order valence-electron chi connectivity index (χ3n) is 4.88.